The topological polar surface area (TPSA) is 49.3 Å². The summed E-state index contributed by atoms with van der Waals surface area (Å²) in [6, 6.07) is 8.03. The Bertz CT molecular complexity index is 358. The fourth-order valence-electron chi connectivity index (χ4n) is 2.24. The van der Waals surface area contributed by atoms with E-state index in [4.69, 9.17) is 5.11 Å². The van der Waals surface area contributed by atoms with E-state index in [-0.39, 0.29) is 18.8 Å². The van der Waals surface area contributed by atoms with Crippen molar-refractivity contribution in [2.24, 2.45) is 0 Å². The van der Waals surface area contributed by atoms with E-state index in [1.807, 2.05) is 12.1 Å². The lowest BCUT2D eigenvalue weighted by molar-refractivity contribution is -0.136. The number of aliphatic carboxylic acids is 1. The summed E-state index contributed by atoms with van der Waals surface area (Å²) in [4.78, 5) is 10.5. The Hall–Kier alpha value is -1.06. The molecule has 0 aliphatic carbocycles. The Morgan fingerprint density at radius 1 is 1.24 bits per heavy atom. The predicted molar refractivity (Wildman–Crippen MR) is 69.9 cm³/mol. The van der Waals surface area contributed by atoms with Gasteiger partial charge in [0, 0.05) is 0 Å². The third-order valence-electron chi connectivity index (χ3n) is 3.15. The molecule has 0 aromatic heterocycles. The van der Waals surface area contributed by atoms with Crippen molar-refractivity contribution in [1.29, 1.82) is 0 Å². The molecule has 1 saturated heterocycles. The van der Waals surface area contributed by atoms with Gasteiger partial charge in [0.2, 0.25) is 0 Å². The van der Waals surface area contributed by atoms with Crippen molar-refractivity contribution in [3.8, 4) is 0 Å². The molecule has 1 fully saturated rings. The van der Waals surface area contributed by atoms with Crippen LogP contribution in [0.25, 0.3) is 0 Å². The van der Waals surface area contributed by atoms with E-state index in [9.17, 15) is 4.79 Å². The van der Waals surface area contributed by atoms with Crippen LogP contribution in [0, 0.1) is 0 Å². The highest BCUT2D eigenvalue weighted by Crippen LogP contribution is 2.25. The monoisotopic (exact) mass is 255 g/mol. The highest BCUT2D eigenvalue weighted by atomic mass is 35.5. The molecule has 17 heavy (non-hydrogen) atoms. The zero-order valence-electron chi connectivity index (χ0n) is 9.69. The molecule has 2 N–H and O–H groups in total. The first-order valence-electron chi connectivity index (χ1n) is 5.77. The summed E-state index contributed by atoms with van der Waals surface area (Å²) in [6.45, 7) is 2.17. The summed E-state index contributed by atoms with van der Waals surface area (Å²) >= 11 is 0. The zero-order valence-corrected chi connectivity index (χ0v) is 10.5. The van der Waals surface area contributed by atoms with Crippen molar-refractivity contribution in [3.63, 3.8) is 0 Å². The number of carbonyl (C=O) groups is 1. The van der Waals surface area contributed by atoms with Gasteiger partial charge in [-0.25, -0.2) is 0 Å². The number of halogens is 1. The molecule has 0 amide bonds. The van der Waals surface area contributed by atoms with Crippen LogP contribution in [0.3, 0.4) is 0 Å². The normalized spacial score (nSPS) is 16.2. The highest BCUT2D eigenvalue weighted by molar-refractivity contribution is 5.85. The molecule has 0 radical (unpaired) electrons. The van der Waals surface area contributed by atoms with Gasteiger partial charge in [-0.05, 0) is 43.0 Å². The molecule has 1 aromatic rings. The first-order valence-corrected chi connectivity index (χ1v) is 5.77. The maximum absolute atomic E-state index is 10.5. The molecule has 0 bridgehead atoms. The lowest BCUT2D eigenvalue weighted by Crippen LogP contribution is -2.26. The molecular weight excluding hydrogens is 238 g/mol. The number of nitrogens with one attached hydrogen (secondary N) is 1. The van der Waals surface area contributed by atoms with Crippen LogP contribution in [0.4, 0.5) is 0 Å². The molecule has 1 aromatic carbocycles. The first-order chi connectivity index (χ1) is 7.75. The molecule has 0 spiro atoms. The quantitative estimate of drug-likeness (QED) is 0.871. The Labute approximate surface area is 108 Å². The number of benzene rings is 1. The smallest absolute Gasteiger partial charge is 0.307 e. The van der Waals surface area contributed by atoms with Crippen LogP contribution in [-0.2, 0) is 11.2 Å². The van der Waals surface area contributed by atoms with Crippen molar-refractivity contribution in [2.75, 3.05) is 13.1 Å². The van der Waals surface area contributed by atoms with E-state index >= 15 is 0 Å². The third kappa shape index (κ3) is 4.02. The highest BCUT2D eigenvalue weighted by Gasteiger charge is 2.14. The SMILES string of the molecule is Cl.O=C(O)Cc1ccc(C2CCNCC2)cc1. The molecule has 0 unspecified atom stereocenters. The largest absolute Gasteiger partial charge is 0.481 e. The second kappa shape index (κ2) is 6.62. The molecule has 0 atom stereocenters. The summed E-state index contributed by atoms with van der Waals surface area (Å²) < 4.78 is 0. The number of hydrogen-bond donors (Lipinski definition) is 2. The molecule has 1 aliphatic heterocycles. The average Bonchev–Trinajstić information content (AvgIpc) is 2.30. The van der Waals surface area contributed by atoms with Crippen molar-refractivity contribution < 1.29 is 9.90 Å². The van der Waals surface area contributed by atoms with Crippen molar-refractivity contribution in [3.05, 3.63) is 35.4 Å². The number of carboxylic acids is 1. The lowest BCUT2D eigenvalue weighted by atomic mass is 9.89. The van der Waals surface area contributed by atoms with Gasteiger partial charge in [0.25, 0.3) is 0 Å². The number of piperidine rings is 1. The van der Waals surface area contributed by atoms with Crippen molar-refractivity contribution in [2.45, 2.75) is 25.2 Å². The maximum atomic E-state index is 10.5. The van der Waals surface area contributed by atoms with Crippen molar-refractivity contribution >= 4 is 18.4 Å². The second-order valence-electron chi connectivity index (χ2n) is 4.34. The summed E-state index contributed by atoms with van der Waals surface area (Å²) in [5.74, 6) is -0.130. The molecule has 0 saturated carbocycles. The van der Waals surface area contributed by atoms with Gasteiger partial charge in [-0.2, -0.15) is 0 Å². The Morgan fingerprint density at radius 2 is 1.82 bits per heavy atom. The van der Waals surface area contributed by atoms with E-state index in [2.05, 4.69) is 17.4 Å². The predicted octanol–water partition coefficient (Wildman–Crippen LogP) is 2.20. The summed E-state index contributed by atoms with van der Waals surface area (Å²) in [7, 11) is 0. The molecule has 1 heterocycles. The van der Waals surface area contributed by atoms with Gasteiger partial charge in [0.1, 0.15) is 0 Å². The Balaban J connectivity index is 0.00000144. The van der Waals surface area contributed by atoms with E-state index in [1.54, 1.807) is 0 Å². The van der Waals surface area contributed by atoms with Gasteiger partial charge < -0.3 is 10.4 Å². The average molecular weight is 256 g/mol. The zero-order chi connectivity index (χ0) is 11.4. The van der Waals surface area contributed by atoms with Crippen LogP contribution in [0.15, 0.2) is 24.3 Å². The minimum atomic E-state index is -0.769. The van der Waals surface area contributed by atoms with Crippen molar-refractivity contribution in [1.82, 2.24) is 5.32 Å². The lowest BCUT2D eigenvalue weighted by Gasteiger charge is -2.23. The summed E-state index contributed by atoms with van der Waals surface area (Å²) in [5.41, 5.74) is 2.22. The van der Waals surface area contributed by atoms with Crippen LogP contribution >= 0.6 is 12.4 Å². The maximum Gasteiger partial charge on any atom is 0.307 e. The summed E-state index contributed by atoms with van der Waals surface area (Å²) in [6.07, 6.45) is 2.48. The first kappa shape index (κ1) is 14.0. The van der Waals surface area contributed by atoms with Gasteiger partial charge in [-0.3, -0.25) is 4.79 Å². The van der Waals surface area contributed by atoms with E-state index in [1.165, 1.54) is 18.4 Å². The second-order valence-corrected chi connectivity index (χ2v) is 4.34. The molecular formula is C13H18ClNO2. The molecule has 1 aliphatic rings. The van der Waals surface area contributed by atoms with Crippen LogP contribution < -0.4 is 5.32 Å². The van der Waals surface area contributed by atoms with Crippen LogP contribution in [0.1, 0.15) is 29.9 Å². The number of carboxylic acid groups (broad SMARTS) is 1. The number of rotatable bonds is 3. The fraction of sp³-hybridized carbons (Fsp3) is 0.462. The van der Waals surface area contributed by atoms with Crippen LogP contribution in [0.2, 0.25) is 0 Å². The van der Waals surface area contributed by atoms with E-state index < -0.39 is 5.97 Å². The van der Waals surface area contributed by atoms with E-state index in [0.29, 0.717) is 5.92 Å². The number of hydrogen-bond acceptors (Lipinski definition) is 2. The van der Waals surface area contributed by atoms with Gasteiger partial charge in [0.05, 0.1) is 6.42 Å². The Morgan fingerprint density at radius 3 is 2.35 bits per heavy atom. The minimum Gasteiger partial charge on any atom is -0.481 e. The fourth-order valence-corrected chi connectivity index (χ4v) is 2.24. The van der Waals surface area contributed by atoms with Gasteiger partial charge in [-0.15, -0.1) is 12.4 Å². The molecule has 3 nitrogen and oxygen atoms in total. The minimum absolute atomic E-state index is 0. The standard InChI is InChI=1S/C13H17NO2.ClH/c15-13(16)9-10-1-3-11(4-2-10)12-5-7-14-8-6-12;/h1-4,12,14H,5-9H2,(H,15,16);1H. The molecule has 94 valence electrons. The molecule has 2 rings (SSSR count). The van der Waals surface area contributed by atoms with Gasteiger partial charge >= 0.3 is 5.97 Å². The van der Waals surface area contributed by atoms with Crippen LogP contribution in [-0.4, -0.2) is 24.2 Å². The van der Waals surface area contributed by atoms with Gasteiger partial charge in [-0.1, -0.05) is 24.3 Å². The van der Waals surface area contributed by atoms with Crippen LogP contribution in [0.5, 0.6) is 0 Å². The van der Waals surface area contributed by atoms with Gasteiger partial charge in [0.15, 0.2) is 0 Å². The third-order valence-corrected chi connectivity index (χ3v) is 3.15. The molecule has 4 heteroatoms. The summed E-state index contributed by atoms with van der Waals surface area (Å²) in [5, 5.41) is 12.0. The Kier molecular flexibility index (Phi) is 5.45. The van der Waals surface area contributed by atoms with E-state index in [0.717, 1.165) is 18.7 Å².